The van der Waals surface area contributed by atoms with E-state index in [0.29, 0.717) is 18.0 Å². The number of nitrogens with two attached hydrogens (primary N) is 1. The lowest BCUT2D eigenvalue weighted by atomic mass is 9.99. The van der Waals surface area contributed by atoms with Crippen molar-refractivity contribution >= 4 is 18.3 Å². The Morgan fingerprint density at radius 2 is 1.70 bits per heavy atom. The van der Waals surface area contributed by atoms with Crippen molar-refractivity contribution in [2.24, 2.45) is 5.73 Å². The zero-order valence-corrected chi connectivity index (χ0v) is 14.7. The van der Waals surface area contributed by atoms with Crippen LogP contribution in [0.5, 0.6) is 0 Å². The number of benzene rings is 2. The molecule has 2 aromatic carbocycles. The summed E-state index contributed by atoms with van der Waals surface area (Å²) >= 11 is 0. The molecule has 0 saturated carbocycles. The van der Waals surface area contributed by atoms with E-state index in [1.54, 1.807) is 0 Å². The smallest absolute Gasteiger partial charge is 0.251 e. The highest BCUT2D eigenvalue weighted by atomic mass is 35.5. The van der Waals surface area contributed by atoms with Crippen molar-refractivity contribution in [3.8, 4) is 0 Å². The van der Waals surface area contributed by atoms with E-state index in [0.717, 1.165) is 11.1 Å². The zero-order chi connectivity index (χ0) is 16.1. The maximum Gasteiger partial charge on any atom is 0.251 e. The molecule has 3 N–H and O–H groups in total. The molecule has 0 aliphatic heterocycles. The Morgan fingerprint density at radius 3 is 2.26 bits per heavy atom. The monoisotopic (exact) mass is 332 g/mol. The number of carbonyl (C=O) groups excluding carboxylic acids is 1. The fourth-order valence-corrected chi connectivity index (χ4v) is 2.34. The van der Waals surface area contributed by atoms with Crippen LogP contribution >= 0.6 is 12.4 Å². The van der Waals surface area contributed by atoms with Crippen LogP contribution in [0.2, 0.25) is 0 Å². The highest BCUT2D eigenvalue weighted by Gasteiger charge is 2.10. The molecule has 0 radical (unpaired) electrons. The molecule has 1 amide bonds. The third-order valence-corrected chi connectivity index (χ3v) is 3.79. The van der Waals surface area contributed by atoms with Crippen molar-refractivity contribution in [3.05, 3.63) is 70.8 Å². The van der Waals surface area contributed by atoms with Gasteiger partial charge in [0.1, 0.15) is 0 Å². The van der Waals surface area contributed by atoms with Gasteiger partial charge in [0, 0.05) is 18.2 Å². The average molecular weight is 333 g/mol. The summed E-state index contributed by atoms with van der Waals surface area (Å²) in [5.41, 5.74) is 10.2. The normalized spacial score (nSPS) is 11.7. The van der Waals surface area contributed by atoms with E-state index in [2.05, 4.69) is 31.3 Å². The van der Waals surface area contributed by atoms with Crippen LogP contribution in [0.1, 0.15) is 52.9 Å². The first-order chi connectivity index (χ1) is 10.5. The van der Waals surface area contributed by atoms with Gasteiger partial charge in [0.05, 0.1) is 0 Å². The van der Waals surface area contributed by atoms with Crippen molar-refractivity contribution in [1.29, 1.82) is 0 Å². The Kier molecular flexibility index (Phi) is 7.27. The van der Waals surface area contributed by atoms with Crippen molar-refractivity contribution in [2.75, 3.05) is 6.54 Å². The number of hydrogen-bond donors (Lipinski definition) is 2. The Labute approximate surface area is 144 Å². The summed E-state index contributed by atoms with van der Waals surface area (Å²) in [5.74, 6) is 0.421. The topological polar surface area (TPSA) is 55.1 Å². The van der Waals surface area contributed by atoms with E-state index >= 15 is 0 Å². The van der Waals surface area contributed by atoms with Crippen molar-refractivity contribution in [1.82, 2.24) is 5.32 Å². The van der Waals surface area contributed by atoms with Gasteiger partial charge in [-0.15, -0.1) is 12.4 Å². The minimum Gasteiger partial charge on any atom is -0.350 e. The molecular formula is C19H25ClN2O. The Hall–Kier alpha value is -1.84. The molecule has 0 fully saturated rings. The molecule has 124 valence electrons. The van der Waals surface area contributed by atoms with Crippen LogP contribution < -0.4 is 11.1 Å². The van der Waals surface area contributed by atoms with Crippen LogP contribution in [0.4, 0.5) is 0 Å². The van der Waals surface area contributed by atoms with Gasteiger partial charge in [-0.1, -0.05) is 55.8 Å². The molecule has 23 heavy (non-hydrogen) atoms. The second-order valence-corrected chi connectivity index (χ2v) is 6.01. The van der Waals surface area contributed by atoms with Crippen LogP contribution in [0.15, 0.2) is 48.5 Å². The second kappa shape index (κ2) is 8.70. The number of carbonyl (C=O) groups is 1. The summed E-state index contributed by atoms with van der Waals surface area (Å²) in [5, 5.41) is 2.90. The molecule has 0 spiro atoms. The van der Waals surface area contributed by atoms with E-state index in [-0.39, 0.29) is 24.4 Å². The lowest BCUT2D eigenvalue weighted by molar-refractivity contribution is 0.0951. The highest BCUT2D eigenvalue weighted by Crippen LogP contribution is 2.17. The number of rotatable bonds is 5. The molecule has 2 rings (SSSR count). The first kappa shape index (κ1) is 19.2. The van der Waals surface area contributed by atoms with Crippen molar-refractivity contribution in [3.63, 3.8) is 0 Å². The van der Waals surface area contributed by atoms with Gasteiger partial charge in [-0.3, -0.25) is 4.79 Å². The fourth-order valence-electron chi connectivity index (χ4n) is 2.34. The van der Waals surface area contributed by atoms with Crippen LogP contribution in [0, 0.1) is 6.92 Å². The van der Waals surface area contributed by atoms with Gasteiger partial charge in [-0.2, -0.15) is 0 Å². The maximum atomic E-state index is 12.1. The van der Waals surface area contributed by atoms with E-state index < -0.39 is 0 Å². The second-order valence-electron chi connectivity index (χ2n) is 6.01. The van der Waals surface area contributed by atoms with E-state index in [1.807, 2.05) is 43.3 Å². The van der Waals surface area contributed by atoms with E-state index in [9.17, 15) is 4.79 Å². The van der Waals surface area contributed by atoms with Crippen LogP contribution in [0.3, 0.4) is 0 Å². The van der Waals surface area contributed by atoms with Gasteiger partial charge >= 0.3 is 0 Å². The molecule has 1 unspecified atom stereocenters. The summed E-state index contributed by atoms with van der Waals surface area (Å²) in [7, 11) is 0. The van der Waals surface area contributed by atoms with Gasteiger partial charge < -0.3 is 11.1 Å². The molecule has 2 aromatic rings. The summed E-state index contributed by atoms with van der Waals surface area (Å²) in [4.78, 5) is 12.1. The minimum absolute atomic E-state index is 0. The van der Waals surface area contributed by atoms with Gasteiger partial charge in [0.2, 0.25) is 0 Å². The molecule has 0 aromatic heterocycles. The van der Waals surface area contributed by atoms with Gasteiger partial charge in [0.25, 0.3) is 5.91 Å². The Balaban J connectivity index is 0.00000264. The number of amides is 1. The fraction of sp³-hybridized carbons (Fsp3) is 0.316. The predicted octanol–water partition coefficient (Wildman–Crippen LogP) is 3.97. The molecular weight excluding hydrogens is 308 g/mol. The Morgan fingerprint density at radius 1 is 1.09 bits per heavy atom. The summed E-state index contributed by atoms with van der Waals surface area (Å²) in [6, 6.07) is 15.6. The van der Waals surface area contributed by atoms with Gasteiger partial charge in [0.15, 0.2) is 0 Å². The molecule has 0 bridgehead atoms. The number of nitrogens with one attached hydrogen (secondary N) is 1. The number of halogens is 1. The summed E-state index contributed by atoms with van der Waals surface area (Å²) < 4.78 is 0. The third kappa shape index (κ3) is 5.38. The number of hydrogen-bond acceptors (Lipinski definition) is 2. The molecule has 1 atom stereocenters. The Bertz CT molecular complexity index is 638. The zero-order valence-electron chi connectivity index (χ0n) is 13.9. The molecule has 0 heterocycles. The van der Waals surface area contributed by atoms with E-state index in [1.165, 1.54) is 5.56 Å². The lowest BCUT2D eigenvalue weighted by Gasteiger charge is -2.15. The summed E-state index contributed by atoms with van der Waals surface area (Å²) in [6.45, 7) is 6.72. The lowest BCUT2D eigenvalue weighted by Crippen LogP contribution is -2.31. The molecule has 0 saturated heterocycles. The average Bonchev–Trinajstić information content (AvgIpc) is 2.52. The highest BCUT2D eigenvalue weighted by molar-refractivity contribution is 5.94. The molecule has 3 nitrogen and oxygen atoms in total. The first-order valence-electron chi connectivity index (χ1n) is 7.67. The third-order valence-electron chi connectivity index (χ3n) is 3.79. The van der Waals surface area contributed by atoms with Crippen LogP contribution in [-0.2, 0) is 0 Å². The molecule has 0 aliphatic carbocycles. The molecule has 0 aliphatic rings. The van der Waals surface area contributed by atoms with Crippen LogP contribution in [0.25, 0.3) is 0 Å². The maximum absolute atomic E-state index is 12.1. The van der Waals surface area contributed by atoms with Crippen LogP contribution in [-0.4, -0.2) is 12.5 Å². The SMILES string of the molecule is Cc1cccc(C(=O)NCC(N)c2ccc(C(C)C)cc2)c1.Cl. The van der Waals surface area contributed by atoms with Gasteiger partial charge in [-0.05, 0) is 36.1 Å². The largest absolute Gasteiger partial charge is 0.350 e. The molecule has 4 heteroatoms. The predicted molar refractivity (Wildman–Crippen MR) is 98.2 cm³/mol. The summed E-state index contributed by atoms with van der Waals surface area (Å²) in [6.07, 6.45) is 0. The van der Waals surface area contributed by atoms with Gasteiger partial charge in [-0.25, -0.2) is 0 Å². The van der Waals surface area contributed by atoms with Crippen molar-refractivity contribution in [2.45, 2.75) is 32.7 Å². The van der Waals surface area contributed by atoms with Crippen molar-refractivity contribution < 1.29 is 4.79 Å². The minimum atomic E-state index is -0.199. The quantitative estimate of drug-likeness (QED) is 0.870. The number of aryl methyl sites for hydroxylation is 1. The van der Waals surface area contributed by atoms with E-state index in [4.69, 9.17) is 5.73 Å². The standard InChI is InChI=1S/C19H24N2O.ClH/c1-13(2)15-7-9-16(10-8-15)18(20)12-21-19(22)17-6-4-5-14(3)11-17;/h4-11,13,18H,12,20H2,1-3H3,(H,21,22);1H. The first-order valence-corrected chi connectivity index (χ1v) is 7.67.